The maximum absolute atomic E-state index is 12.9. The molecule has 1 aliphatic rings. The summed E-state index contributed by atoms with van der Waals surface area (Å²) in [6.07, 6.45) is 6.14. The van der Waals surface area contributed by atoms with Gasteiger partial charge in [0.25, 0.3) is 5.91 Å². The van der Waals surface area contributed by atoms with Gasteiger partial charge in [0.1, 0.15) is 6.04 Å². The second kappa shape index (κ2) is 5.63. The van der Waals surface area contributed by atoms with Crippen LogP contribution in [0.5, 0.6) is 0 Å². The maximum Gasteiger partial charge on any atom is 0.256 e. The average Bonchev–Trinajstić information content (AvgIpc) is 3.28. The summed E-state index contributed by atoms with van der Waals surface area (Å²) in [6.45, 7) is 0.407. The van der Waals surface area contributed by atoms with Crippen LogP contribution in [0.15, 0.2) is 59.7 Å². The molecule has 6 heteroatoms. The normalized spacial score (nSPS) is 15.8. The topological polar surface area (TPSA) is 83.0 Å². The highest BCUT2D eigenvalue weighted by Crippen LogP contribution is 2.39. The van der Waals surface area contributed by atoms with Crippen molar-refractivity contribution in [2.24, 2.45) is 0 Å². The number of amides is 1. The van der Waals surface area contributed by atoms with Gasteiger partial charge in [-0.25, -0.2) is 4.98 Å². The zero-order chi connectivity index (χ0) is 16.5. The predicted molar refractivity (Wildman–Crippen MR) is 83.6 cm³/mol. The summed E-state index contributed by atoms with van der Waals surface area (Å²) < 4.78 is 5.46. The van der Waals surface area contributed by atoms with E-state index in [1.807, 2.05) is 12.1 Å². The number of carbonyl (C=O) groups excluding carboxylic acids is 1. The number of nitriles is 1. The zero-order valence-electron chi connectivity index (χ0n) is 12.6. The van der Waals surface area contributed by atoms with Gasteiger partial charge < -0.3 is 9.32 Å². The molecule has 1 unspecified atom stereocenters. The van der Waals surface area contributed by atoms with E-state index >= 15 is 0 Å². The van der Waals surface area contributed by atoms with E-state index in [1.165, 1.54) is 6.39 Å². The average molecular weight is 316 g/mol. The molecule has 4 rings (SSSR count). The number of oxazole rings is 1. The fourth-order valence-electron chi connectivity index (χ4n) is 3.03. The molecule has 0 bridgehead atoms. The lowest BCUT2D eigenvalue weighted by Crippen LogP contribution is -2.30. The van der Waals surface area contributed by atoms with Crippen molar-refractivity contribution in [3.63, 3.8) is 0 Å². The van der Waals surface area contributed by atoms with Gasteiger partial charge in [0.05, 0.1) is 23.4 Å². The summed E-state index contributed by atoms with van der Waals surface area (Å²) >= 11 is 0. The molecule has 0 N–H and O–H groups in total. The third kappa shape index (κ3) is 2.23. The maximum atomic E-state index is 12.9. The minimum atomic E-state index is -0.358. The number of benzene rings is 1. The van der Waals surface area contributed by atoms with Gasteiger partial charge >= 0.3 is 0 Å². The number of fused-ring (bicyclic) bond motifs is 1. The minimum Gasteiger partial charge on any atom is -0.446 e. The van der Waals surface area contributed by atoms with Crippen LogP contribution in [0, 0.1) is 11.3 Å². The lowest BCUT2D eigenvalue weighted by molar-refractivity contribution is 0.0703. The molecule has 116 valence electrons. The summed E-state index contributed by atoms with van der Waals surface area (Å²) in [6, 6.07) is 10.7. The van der Waals surface area contributed by atoms with Crippen molar-refractivity contribution in [1.29, 1.82) is 5.26 Å². The van der Waals surface area contributed by atoms with Crippen molar-refractivity contribution in [2.45, 2.75) is 12.6 Å². The first kappa shape index (κ1) is 14.2. The van der Waals surface area contributed by atoms with Gasteiger partial charge in [-0.15, -0.1) is 0 Å². The summed E-state index contributed by atoms with van der Waals surface area (Å²) in [5.74, 6) is 0.454. The number of nitrogens with zero attached hydrogens (tertiary/aromatic N) is 4. The highest BCUT2D eigenvalue weighted by molar-refractivity contribution is 5.94. The molecule has 0 radical (unpaired) electrons. The smallest absolute Gasteiger partial charge is 0.256 e. The van der Waals surface area contributed by atoms with Gasteiger partial charge in [-0.2, -0.15) is 5.26 Å². The molecular weight excluding hydrogens is 304 g/mol. The molecule has 3 aromatic rings. The Morgan fingerprint density at radius 3 is 2.92 bits per heavy atom. The number of aromatic nitrogens is 2. The highest BCUT2D eigenvalue weighted by Gasteiger charge is 2.37. The van der Waals surface area contributed by atoms with Gasteiger partial charge in [-0.05, 0) is 35.4 Å². The van der Waals surface area contributed by atoms with Crippen molar-refractivity contribution in [1.82, 2.24) is 14.9 Å². The summed E-state index contributed by atoms with van der Waals surface area (Å²) in [4.78, 5) is 22.6. The van der Waals surface area contributed by atoms with Crippen LogP contribution in [0.4, 0.5) is 0 Å². The van der Waals surface area contributed by atoms with E-state index in [9.17, 15) is 4.79 Å². The van der Waals surface area contributed by atoms with Crippen molar-refractivity contribution in [2.75, 3.05) is 0 Å². The molecule has 1 aromatic carbocycles. The molecule has 24 heavy (non-hydrogen) atoms. The molecule has 0 saturated carbocycles. The quantitative estimate of drug-likeness (QED) is 0.726. The Balaban J connectivity index is 1.80. The Labute approximate surface area is 138 Å². The predicted octanol–water partition coefficient (Wildman–Crippen LogP) is 2.69. The van der Waals surface area contributed by atoms with E-state index < -0.39 is 0 Å². The number of pyridine rings is 1. The largest absolute Gasteiger partial charge is 0.446 e. The van der Waals surface area contributed by atoms with Gasteiger partial charge in [-0.3, -0.25) is 9.78 Å². The van der Waals surface area contributed by atoms with E-state index in [2.05, 4.69) is 16.0 Å². The fourth-order valence-corrected chi connectivity index (χ4v) is 3.03. The Bertz CT molecular complexity index is 929. The van der Waals surface area contributed by atoms with Crippen molar-refractivity contribution in [3.05, 3.63) is 83.3 Å². The third-order valence-electron chi connectivity index (χ3n) is 4.11. The van der Waals surface area contributed by atoms with Crippen LogP contribution in [0.1, 0.15) is 38.9 Å². The summed E-state index contributed by atoms with van der Waals surface area (Å²) in [7, 11) is 0. The third-order valence-corrected chi connectivity index (χ3v) is 4.11. The molecule has 0 spiro atoms. The fraction of sp³-hybridized carbons (Fsp3) is 0.111. The van der Waals surface area contributed by atoms with Crippen LogP contribution in [0.2, 0.25) is 0 Å². The summed E-state index contributed by atoms with van der Waals surface area (Å²) in [5, 5.41) is 9.10. The number of hydrogen-bond acceptors (Lipinski definition) is 5. The molecule has 0 aliphatic carbocycles. The second-order valence-electron chi connectivity index (χ2n) is 5.51. The van der Waals surface area contributed by atoms with Crippen molar-refractivity contribution < 1.29 is 9.21 Å². The monoisotopic (exact) mass is 316 g/mol. The van der Waals surface area contributed by atoms with Crippen LogP contribution in [0.25, 0.3) is 0 Å². The molecule has 2 aromatic heterocycles. The van der Waals surface area contributed by atoms with Crippen LogP contribution in [0.3, 0.4) is 0 Å². The highest BCUT2D eigenvalue weighted by atomic mass is 16.3. The number of carbonyl (C=O) groups is 1. The molecular formula is C18H12N4O2. The van der Waals surface area contributed by atoms with Crippen LogP contribution in [-0.2, 0) is 6.54 Å². The lowest BCUT2D eigenvalue weighted by Gasteiger charge is -2.23. The van der Waals surface area contributed by atoms with Crippen LogP contribution in [-0.4, -0.2) is 20.8 Å². The van der Waals surface area contributed by atoms with E-state index in [-0.39, 0.29) is 11.9 Å². The Morgan fingerprint density at radius 1 is 1.29 bits per heavy atom. The van der Waals surface area contributed by atoms with E-state index in [4.69, 9.17) is 9.68 Å². The Kier molecular flexibility index (Phi) is 3.32. The van der Waals surface area contributed by atoms with Gasteiger partial charge in [0.15, 0.2) is 12.2 Å². The molecule has 0 fully saturated rings. The van der Waals surface area contributed by atoms with Crippen LogP contribution >= 0.6 is 0 Å². The van der Waals surface area contributed by atoms with Gasteiger partial charge in [0, 0.05) is 18.9 Å². The first-order valence-electron chi connectivity index (χ1n) is 7.40. The van der Waals surface area contributed by atoms with Gasteiger partial charge in [-0.1, -0.05) is 6.07 Å². The zero-order valence-corrected chi connectivity index (χ0v) is 12.6. The molecule has 1 amide bonds. The molecule has 6 nitrogen and oxygen atoms in total. The molecule has 1 atom stereocenters. The first-order chi connectivity index (χ1) is 11.8. The lowest BCUT2D eigenvalue weighted by atomic mass is 10.0. The van der Waals surface area contributed by atoms with Gasteiger partial charge in [0.2, 0.25) is 0 Å². The van der Waals surface area contributed by atoms with Crippen molar-refractivity contribution in [3.8, 4) is 6.07 Å². The van der Waals surface area contributed by atoms with E-state index in [1.54, 1.807) is 41.7 Å². The SMILES string of the molecule is N#Cc1ccc2c(c1)CN(C(=O)c1cccnc1)C2c1cnco1. The first-order valence-corrected chi connectivity index (χ1v) is 7.40. The number of hydrogen-bond donors (Lipinski definition) is 0. The van der Waals surface area contributed by atoms with Crippen molar-refractivity contribution >= 4 is 5.91 Å². The minimum absolute atomic E-state index is 0.140. The Morgan fingerprint density at radius 2 is 2.21 bits per heavy atom. The second-order valence-corrected chi connectivity index (χ2v) is 5.51. The van der Waals surface area contributed by atoms with Crippen LogP contribution < -0.4 is 0 Å². The molecule has 1 aliphatic heterocycles. The van der Waals surface area contributed by atoms with E-state index in [0.717, 1.165) is 11.1 Å². The molecule has 0 saturated heterocycles. The van der Waals surface area contributed by atoms with E-state index in [0.29, 0.717) is 23.4 Å². The standard InChI is InChI=1S/C18H12N4O2/c19-7-12-3-4-15-14(6-12)10-22(17(15)16-9-21-11-24-16)18(23)13-2-1-5-20-8-13/h1-6,8-9,11,17H,10H2. The number of rotatable bonds is 2. The Hall–Kier alpha value is -3.46. The summed E-state index contributed by atoms with van der Waals surface area (Å²) in [5.41, 5.74) is 2.96. The molecule has 3 heterocycles.